The molecule has 0 aromatic carbocycles. The van der Waals surface area contributed by atoms with E-state index in [4.69, 9.17) is 0 Å². The molecule has 0 aliphatic carbocycles. The molecule has 0 unspecified atom stereocenters. The highest BCUT2D eigenvalue weighted by Crippen LogP contribution is 2.24. The average molecular weight is 230 g/mol. The van der Waals surface area contributed by atoms with Crippen LogP contribution >= 0.6 is 11.3 Å². The van der Waals surface area contributed by atoms with Crippen molar-refractivity contribution >= 4 is 21.5 Å². The Bertz CT molecular complexity index is 328. The lowest BCUT2D eigenvalue weighted by molar-refractivity contribution is -0.380. The van der Waals surface area contributed by atoms with Crippen molar-refractivity contribution in [3.8, 4) is 0 Å². The number of rotatable bonds is 6. The predicted molar refractivity (Wildman–Crippen MR) is 60.4 cm³/mol. The standard InChI is InChI=1S/C8H14N4O2S/c1-3-11(2)5-4-9-8-10-6-7(15-8)12(13)14/h6H,3-5H2,1-2H3,(H,9,10). The van der Waals surface area contributed by atoms with Crippen molar-refractivity contribution in [2.75, 3.05) is 32.0 Å². The van der Waals surface area contributed by atoms with Crippen LogP contribution in [-0.2, 0) is 0 Å². The lowest BCUT2D eigenvalue weighted by Gasteiger charge is -2.13. The number of thiazole rings is 1. The lowest BCUT2D eigenvalue weighted by atomic mass is 10.5. The van der Waals surface area contributed by atoms with Crippen molar-refractivity contribution in [2.24, 2.45) is 0 Å². The zero-order valence-corrected chi connectivity index (χ0v) is 9.58. The van der Waals surface area contributed by atoms with Gasteiger partial charge in [0.05, 0.1) is 4.92 Å². The molecule has 0 bridgehead atoms. The van der Waals surface area contributed by atoms with Gasteiger partial charge < -0.3 is 10.2 Å². The minimum absolute atomic E-state index is 0.0707. The number of nitrogens with one attached hydrogen (secondary N) is 1. The van der Waals surface area contributed by atoms with Crippen LogP contribution in [0.5, 0.6) is 0 Å². The Morgan fingerprint density at radius 2 is 2.47 bits per heavy atom. The number of hydrogen-bond acceptors (Lipinski definition) is 6. The number of nitrogens with zero attached hydrogens (tertiary/aromatic N) is 3. The molecule has 0 aliphatic heterocycles. The molecule has 0 saturated heterocycles. The number of nitro groups is 1. The van der Waals surface area contributed by atoms with Gasteiger partial charge in [-0.2, -0.15) is 0 Å². The second-order valence-electron chi connectivity index (χ2n) is 3.08. The summed E-state index contributed by atoms with van der Waals surface area (Å²) < 4.78 is 0. The number of likely N-dealkylation sites (N-methyl/N-ethyl adjacent to an activating group) is 1. The number of anilines is 1. The van der Waals surface area contributed by atoms with E-state index >= 15 is 0 Å². The smallest absolute Gasteiger partial charge is 0.345 e. The minimum atomic E-state index is -0.430. The van der Waals surface area contributed by atoms with E-state index in [-0.39, 0.29) is 5.00 Å². The Labute approximate surface area is 92.1 Å². The van der Waals surface area contributed by atoms with Gasteiger partial charge in [-0.3, -0.25) is 10.1 Å². The molecule has 0 radical (unpaired) electrons. The number of aromatic nitrogens is 1. The summed E-state index contributed by atoms with van der Waals surface area (Å²) in [6.07, 6.45) is 1.27. The van der Waals surface area contributed by atoms with Gasteiger partial charge in [-0.1, -0.05) is 6.92 Å². The first-order chi connectivity index (χ1) is 7.13. The van der Waals surface area contributed by atoms with Gasteiger partial charge in [0.25, 0.3) is 0 Å². The van der Waals surface area contributed by atoms with E-state index in [1.807, 2.05) is 7.05 Å². The van der Waals surface area contributed by atoms with Crippen molar-refractivity contribution in [1.29, 1.82) is 0 Å². The summed E-state index contributed by atoms with van der Waals surface area (Å²) in [5.74, 6) is 0. The summed E-state index contributed by atoms with van der Waals surface area (Å²) in [4.78, 5) is 16.0. The molecule has 1 aromatic heterocycles. The largest absolute Gasteiger partial charge is 0.360 e. The van der Waals surface area contributed by atoms with Gasteiger partial charge in [0.1, 0.15) is 6.20 Å². The van der Waals surface area contributed by atoms with Crippen LogP contribution in [0.1, 0.15) is 6.92 Å². The molecule has 0 fully saturated rings. The topological polar surface area (TPSA) is 71.3 Å². The fraction of sp³-hybridized carbons (Fsp3) is 0.625. The van der Waals surface area contributed by atoms with E-state index in [0.29, 0.717) is 5.13 Å². The molecule has 1 N–H and O–H groups in total. The SMILES string of the molecule is CCN(C)CCNc1ncc([N+](=O)[O-])s1. The summed E-state index contributed by atoms with van der Waals surface area (Å²) in [6.45, 7) is 4.70. The molecule has 1 heterocycles. The zero-order chi connectivity index (χ0) is 11.3. The summed E-state index contributed by atoms with van der Waals surface area (Å²) in [5.41, 5.74) is 0. The highest BCUT2D eigenvalue weighted by molar-refractivity contribution is 7.18. The molecule has 1 rings (SSSR count). The Kier molecular flexibility index (Phi) is 4.44. The van der Waals surface area contributed by atoms with Crippen LogP contribution in [0, 0.1) is 10.1 Å². The van der Waals surface area contributed by atoms with Crippen molar-refractivity contribution in [3.05, 3.63) is 16.3 Å². The molecular weight excluding hydrogens is 216 g/mol. The van der Waals surface area contributed by atoms with Crippen molar-refractivity contribution < 1.29 is 4.92 Å². The Morgan fingerprint density at radius 3 is 3.00 bits per heavy atom. The second kappa shape index (κ2) is 5.62. The molecule has 0 aliphatic rings. The first-order valence-electron chi connectivity index (χ1n) is 4.66. The normalized spacial score (nSPS) is 10.6. The maximum Gasteiger partial charge on any atom is 0.345 e. The Balaban J connectivity index is 2.35. The van der Waals surface area contributed by atoms with Crippen LogP contribution in [-0.4, -0.2) is 41.5 Å². The quantitative estimate of drug-likeness (QED) is 0.591. The molecule has 1 aromatic rings. The minimum Gasteiger partial charge on any atom is -0.360 e. The number of hydrogen-bond donors (Lipinski definition) is 1. The highest BCUT2D eigenvalue weighted by Gasteiger charge is 2.10. The van der Waals surface area contributed by atoms with Crippen LogP contribution in [0.4, 0.5) is 10.1 Å². The van der Waals surface area contributed by atoms with E-state index in [0.717, 1.165) is 31.0 Å². The van der Waals surface area contributed by atoms with Crippen LogP contribution in [0.3, 0.4) is 0 Å². The molecule has 6 nitrogen and oxygen atoms in total. The van der Waals surface area contributed by atoms with Crippen LogP contribution in [0.25, 0.3) is 0 Å². The second-order valence-corrected chi connectivity index (χ2v) is 4.09. The van der Waals surface area contributed by atoms with Crippen LogP contribution in [0.15, 0.2) is 6.20 Å². The zero-order valence-electron chi connectivity index (χ0n) is 8.77. The van der Waals surface area contributed by atoms with Gasteiger partial charge in [0.15, 0.2) is 5.13 Å². The molecule has 84 valence electrons. The van der Waals surface area contributed by atoms with E-state index in [1.54, 1.807) is 0 Å². The molecule has 0 atom stereocenters. The van der Waals surface area contributed by atoms with Gasteiger partial charge >= 0.3 is 5.00 Å². The Morgan fingerprint density at radius 1 is 1.73 bits per heavy atom. The first kappa shape index (κ1) is 11.9. The third kappa shape index (κ3) is 3.80. The summed E-state index contributed by atoms with van der Waals surface area (Å²) in [6, 6.07) is 0. The molecular formula is C8H14N4O2S. The fourth-order valence-corrected chi connectivity index (χ4v) is 1.60. The van der Waals surface area contributed by atoms with E-state index in [9.17, 15) is 10.1 Å². The summed E-state index contributed by atoms with van der Waals surface area (Å²) >= 11 is 1.06. The predicted octanol–water partition coefficient (Wildman–Crippen LogP) is 1.41. The van der Waals surface area contributed by atoms with Crippen LogP contribution < -0.4 is 5.32 Å². The molecule has 7 heteroatoms. The summed E-state index contributed by atoms with van der Waals surface area (Å²) in [7, 11) is 2.02. The lowest BCUT2D eigenvalue weighted by Crippen LogP contribution is -2.24. The van der Waals surface area contributed by atoms with Gasteiger partial charge in [-0.05, 0) is 24.9 Å². The fourth-order valence-electron chi connectivity index (χ4n) is 0.944. The van der Waals surface area contributed by atoms with Gasteiger partial charge in [0, 0.05) is 13.1 Å². The molecule has 0 spiro atoms. The highest BCUT2D eigenvalue weighted by atomic mass is 32.1. The average Bonchev–Trinajstić information content (AvgIpc) is 2.66. The van der Waals surface area contributed by atoms with E-state index < -0.39 is 4.92 Å². The first-order valence-corrected chi connectivity index (χ1v) is 5.47. The van der Waals surface area contributed by atoms with Gasteiger partial charge in [-0.15, -0.1) is 0 Å². The van der Waals surface area contributed by atoms with Crippen molar-refractivity contribution in [1.82, 2.24) is 9.88 Å². The van der Waals surface area contributed by atoms with Crippen molar-refractivity contribution in [3.63, 3.8) is 0 Å². The summed E-state index contributed by atoms with van der Waals surface area (Å²) in [5, 5.41) is 14.1. The maximum atomic E-state index is 10.4. The Hall–Kier alpha value is -1.21. The van der Waals surface area contributed by atoms with Crippen molar-refractivity contribution in [2.45, 2.75) is 6.92 Å². The maximum absolute atomic E-state index is 10.4. The third-order valence-electron chi connectivity index (χ3n) is 1.98. The van der Waals surface area contributed by atoms with Gasteiger partial charge in [-0.25, -0.2) is 4.98 Å². The molecule has 15 heavy (non-hydrogen) atoms. The molecule has 0 saturated carbocycles. The monoisotopic (exact) mass is 230 g/mol. The molecule has 0 amide bonds. The van der Waals surface area contributed by atoms with E-state index in [2.05, 4.69) is 22.1 Å². The third-order valence-corrected chi connectivity index (χ3v) is 2.89. The van der Waals surface area contributed by atoms with E-state index in [1.165, 1.54) is 6.20 Å². The van der Waals surface area contributed by atoms with Gasteiger partial charge in [0.2, 0.25) is 0 Å². The van der Waals surface area contributed by atoms with Crippen LogP contribution in [0.2, 0.25) is 0 Å².